The number of methoxy groups -OCH3 is 2. The maximum Gasteiger partial charge on any atom is 0.409 e. The number of esters is 1. The molecule has 6 rings (SSSR count). The quantitative estimate of drug-likeness (QED) is 0.0501. The summed E-state index contributed by atoms with van der Waals surface area (Å²) in [5.41, 5.74) is -1.26. The smallest absolute Gasteiger partial charge is 0.409 e. The second-order valence-corrected chi connectivity index (χ2v) is 23.4. The highest BCUT2D eigenvalue weighted by atomic mass is 35.5. The van der Waals surface area contributed by atoms with Crippen LogP contribution in [-0.4, -0.2) is 220 Å². The maximum atomic E-state index is 14.4. The molecule has 0 radical (unpaired) electrons. The summed E-state index contributed by atoms with van der Waals surface area (Å²) in [5, 5.41) is 14.3. The number of hydroxylamine groups is 2. The van der Waals surface area contributed by atoms with Crippen LogP contribution in [-0.2, 0) is 92.3 Å². The first-order chi connectivity index (χ1) is 40.9. The molecular weight excluding hydrogens is 1170 g/mol. The summed E-state index contributed by atoms with van der Waals surface area (Å²) < 4.78 is 51.1. The van der Waals surface area contributed by atoms with Crippen molar-refractivity contribution in [2.24, 2.45) is 5.92 Å². The van der Waals surface area contributed by atoms with Crippen LogP contribution in [0.2, 0.25) is 5.02 Å². The number of carbonyl (C=O) groups excluding carboxylic acids is 10. The molecule has 7 amide bonds. The van der Waals surface area contributed by atoms with Crippen LogP contribution in [0.3, 0.4) is 0 Å². The number of fused-ring (bicyclic) bond motifs is 5. The summed E-state index contributed by atoms with van der Waals surface area (Å²) in [6.07, 6.45) is 0.497. The topological polar surface area (TPSA) is 312 Å². The summed E-state index contributed by atoms with van der Waals surface area (Å²) >= 11 is 7.95. The van der Waals surface area contributed by atoms with Gasteiger partial charge in [0.1, 0.15) is 46.5 Å². The number of hydrogen-bond acceptors (Lipinski definition) is 22. The zero-order valence-electron chi connectivity index (χ0n) is 50.0. The number of hydrogen-bond donors (Lipinski definition) is 2. The first-order valence-corrected chi connectivity index (χ1v) is 30.0. The van der Waals surface area contributed by atoms with Crippen LogP contribution in [0.5, 0.6) is 5.75 Å². The van der Waals surface area contributed by atoms with Gasteiger partial charge >= 0.3 is 18.0 Å². The number of aliphatic hydroxyl groups is 1. The lowest BCUT2D eigenvalue weighted by Crippen LogP contribution is -2.63. The minimum absolute atomic E-state index is 0.0167. The van der Waals surface area contributed by atoms with E-state index in [1.165, 1.54) is 45.0 Å². The molecule has 0 saturated carbocycles. The molecule has 0 aliphatic carbocycles. The molecule has 28 heteroatoms. The van der Waals surface area contributed by atoms with E-state index in [0.29, 0.717) is 55.8 Å². The number of ether oxygens (including phenoxy) is 9. The van der Waals surface area contributed by atoms with Gasteiger partial charge in [-0.1, -0.05) is 42.3 Å². The number of likely N-dealkylation sites (tertiary alicyclic amines) is 1. The van der Waals surface area contributed by atoms with Gasteiger partial charge in [-0.05, 0) is 51.3 Å². The van der Waals surface area contributed by atoms with Gasteiger partial charge < -0.3 is 62.4 Å². The number of alkyl carbamates (subject to hydrolysis) is 1. The number of amides is 7. The Morgan fingerprint density at radius 2 is 1.53 bits per heavy atom. The lowest BCUT2D eigenvalue weighted by Gasteiger charge is -2.42. The molecule has 5 aliphatic rings. The monoisotopic (exact) mass is 1250 g/mol. The van der Waals surface area contributed by atoms with Crippen molar-refractivity contribution >= 4 is 88.3 Å². The molecule has 26 nitrogen and oxygen atoms in total. The minimum Gasteiger partial charge on any atom is -0.495 e. The first kappa shape index (κ1) is 69.1. The van der Waals surface area contributed by atoms with Crippen molar-refractivity contribution in [2.75, 3.05) is 98.4 Å². The number of halogens is 1. The average molecular weight is 1250 g/mol. The largest absolute Gasteiger partial charge is 0.495 e. The summed E-state index contributed by atoms with van der Waals surface area (Å²) in [7, 11) is 5.82. The summed E-state index contributed by atoms with van der Waals surface area (Å²) in [6.45, 7) is 8.68. The third-order valence-corrected chi connectivity index (χ3v) is 17.1. The fraction of sp³-hybridized carbons (Fsp3) is 0.655. The molecular formula is C58H80ClN5O21S. The van der Waals surface area contributed by atoms with Crippen molar-refractivity contribution in [3.63, 3.8) is 0 Å². The predicted octanol–water partition coefficient (Wildman–Crippen LogP) is 3.57. The Balaban J connectivity index is 0.915. The van der Waals surface area contributed by atoms with E-state index < -0.39 is 113 Å². The Labute approximate surface area is 509 Å². The lowest BCUT2D eigenvalue weighted by atomic mass is 9.83. The van der Waals surface area contributed by atoms with E-state index >= 15 is 0 Å². The number of rotatable bonds is 29. The molecule has 1 aromatic rings. The van der Waals surface area contributed by atoms with Crippen LogP contribution in [0.1, 0.15) is 97.5 Å². The number of anilines is 1. The zero-order chi connectivity index (χ0) is 62.9. The number of epoxide rings is 1. The number of imide groups is 2. The molecule has 4 bridgehead atoms. The first-order valence-electron chi connectivity index (χ1n) is 28.6. The van der Waals surface area contributed by atoms with E-state index in [1.807, 2.05) is 13.0 Å². The Kier molecular flexibility index (Phi) is 25.9. The van der Waals surface area contributed by atoms with E-state index in [1.54, 1.807) is 38.1 Å². The second kappa shape index (κ2) is 32.3. The number of nitrogens with one attached hydrogen (secondary N) is 1. The highest BCUT2D eigenvalue weighted by Crippen LogP contribution is 2.49. The lowest BCUT2D eigenvalue weighted by molar-refractivity contribution is -0.198. The van der Waals surface area contributed by atoms with Gasteiger partial charge in [-0.15, -0.1) is 16.8 Å². The molecule has 86 heavy (non-hydrogen) atoms. The molecule has 4 fully saturated rings. The highest BCUT2D eigenvalue weighted by molar-refractivity contribution is 8.00. The highest BCUT2D eigenvalue weighted by Gasteiger charge is 2.64. The normalized spacial score (nSPS) is 26.5. The van der Waals surface area contributed by atoms with Crippen molar-refractivity contribution in [2.45, 2.75) is 145 Å². The predicted molar refractivity (Wildman–Crippen MR) is 307 cm³/mol. The Hall–Kier alpha value is -6.04. The van der Waals surface area contributed by atoms with E-state index in [0.717, 1.165) is 27.8 Å². The van der Waals surface area contributed by atoms with E-state index in [2.05, 4.69) is 5.32 Å². The third-order valence-electron chi connectivity index (χ3n) is 15.5. The molecule has 0 aromatic heterocycles. The van der Waals surface area contributed by atoms with Gasteiger partial charge in [-0.2, -0.15) is 0 Å². The molecule has 9 atom stereocenters. The average Bonchev–Trinajstić information content (AvgIpc) is 1.58. The number of allylic oxidation sites excluding steroid dienone is 3. The Morgan fingerprint density at radius 1 is 0.884 bits per heavy atom. The standard InChI is InChI=1S/C58H80ClN5O21S/c1-35-11-9-13-44(77-8)58(75)34-42(82-56(74)60-58)36(2)53-57(4,84-53)45(33-49(69)62(6)40-30-38(29-35)31-41(76-7)52(40)59)83-55(73)37(3)61(5)46(66)18-28-86-43-32-50(70)63(54(43)72)19-16-39(65)12-10-20-78-22-24-80-26-27-81-25-23-79-21-17-51(71)85-64-47(67)14-15-48(64)68/h9,11,13,30-31,36-37,42-45,53,75H,10,12,14-29,32-34H2,1-8H3,(H,60,74)/b13-9+,35-11+/t36-,37-,42+,43?,44-,45+,53+,57+,58+/m1/s1. The zero-order valence-corrected chi connectivity index (χ0v) is 51.5. The summed E-state index contributed by atoms with van der Waals surface area (Å²) in [6, 6.07) is 2.34. The van der Waals surface area contributed by atoms with Crippen LogP contribution >= 0.6 is 23.4 Å². The number of benzene rings is 1. The minimum atomic E-state index is -1.90. The van der Waals surface area contributed by atoms with Crippen molar-refractivity contribution in [1.29, 1.82) is 0 Å². The molecule has 1 unspecified atom stereocenters. The summed E-state index contributed by atoms with van der Waals surface area (Å²) in [4.78, 5) is 137. The van der Waals surface area contributed by atoms with Crippen LogP contribution in [0.4, 0.5) is 10.5 Å². The fourth-order valence-corrected chi connectivity index (χ4v) is 11.6. The number of Topliss-reactive ketones (excluding diaryl/α,β-unsaturated/α-hetero) is 1. The molecule has 476 valence electrons. The van der Waals surface area contributed by atoms with Gasteiger partial charge in [-0.25, -0.2) is 14.4 Å². The molecule has 1 aromatic carbocycles. The van der Waals surface area contributed by atoms with Crippen LogP contribution < -0.4 is 15.0 Å². The number of nitrogens with zero attached hydrogens (tertiary/aromatic N) is 4. The van der Waals surface area contributed by atoms with Gasteiger partial charge in [0, 0.05) is 91.0 Å². The van der Waals surface area contributed by atoms with Gasteiger partial charge in [0.2, 0.25) is 23.6 Å². The summed E-state index contributed by atoms with van der Waals surface area (Å²) in [5.74, 6) is -4.86. The van der Waals surface area contributed by atoms with Gasteiger partial charge in [0.15, 0.2) is 5.72 Å². The van der Waals surface area contributed by atoms with E-state index in [-0.39, 0.29) is 101 Å². The molecule has 2 N–H and O–H groups in total. The van der Waals surface area contributed by atoms with Crippen LogP contribution in [0.25, 0.3) is 0 Å². The van der Waals surface area contributed by atoms with Crippen molar-refractivity contribution in [1.82, 2.24) is 20.2 Å². The molecule has 4 saturated heterocycles. The maximum absolute atomic E-state index is 14.4. The Morgan fingerprint density at radius 3 is 2.19 bits per heavy atom. The van der Waals surface area contributed by atoms with Crippen molar-refractivity contribution in [3.05, 3.63) is 46.5 Å². The molecule has 5 heterocycles. The third kappa shape index (κ3) is 18.7. The van der Waals surface area contributed by atoms with E-state index in [9.17, 15) is 53.1 Å². The van der Waals surface area contributed by atoms with Gasteiger partial charge in [-0.3, -0.25) is 43.8 Å². The fourth-order valence-electron chi connectivity index (χ4n) is 10.2. The van der Waals surface area contributed by atoms with Crippen LogP contribution in [0.15, 0.2) is 35.9 Å². The SMILES string of the molecule is COc1cc2cc(c1Cl)N(C)C(=O)C[C@H](OC(=O)[C@@H](C)N(C)C(=O)CCSC1CC(=O)N(CCC(=O)CCCOCCOCCOCCOCCC(=O)ON3C(=O)CCC3=O)C1=O)[C@]1(C)O[C@H]1[C@H](C)[C@@H]1C[C@@](O)(NC(=O)O1)[C@H](OC)/C=C/C=C(\C)C2. The van der Waals surface area contributed by atoms with Gasteiger partial charge in [0.25, 0.3) is 11.8 Å². The molecule has 0 spiro atoms. The number of likely N-dealkylation sites (N-methyl/N-ethyl adjacent to an activating group) is 1. The number of ketones is 1. The number of carbonyl (C=O) groups is 10. The van der Waals surface area contributed by atoms with Crippen molar-refractivity contribution in [3.8, 4) is 5.75 Å². The van der Waals surface area contributed by atoms with Gasteiger partial charge in [0.05, 0.1) is 83.2 Å². The molecule has 5 aliphatic heterocycles. The Bertz CT molecular complexity index is 2700. The number of thioether (sulfide) groups is 1. The van der Waals surface area contributed by atoms with Crippen molar-refractivity contribution < 1.29 is 101 Å². The second-order valence-electron chi connectivity index (χ2n) is 21.7. The van der Waals surface area contributed by atoms with Crippen LogP contribution in [0, 0.1) is 5.92 Å². The van der Waals surface area contributed by atoms with E-state index in [4.69, 9.17) is 59.1 Å².